The van der Waals surface area contributed by atoms with E-state index in [0.717, 1.165) is 54.6 Å². The summed E-state index contributed by atoms with van der Waals surface area (Å²) in [6, 6.07) is 9.34. The van der Waals surface area contributed by atoms with Gasteiger partial charge in [0.1, 0.15) is 0 Å². The lowest BCUT2D eigenvalue weighted by Crippen LogP contribution is -1.93. The van der Waals surface area contributed by atoms with Crippen LogP contribution >= 0.6 is 0 Å². The molecule has 21 heteroatoms. The number of hydrogen-bond acceptors (Lipinski definition) is 15. The monoisotopic (exact) mass is 552 g/mol. The first-order valence-corrected chi connectivity index (χ1v) is 9.44. The van der Waals surface area contributed by atoms with E-state index in [2.05, 4.69) is 0 Å². The lowest BCUT2D eigenvalue weighted by molar-refractivity contribution is -0.396. The minimum atomic E-state index is -0.919. The Labute approximate surface area is 212 Å². The largest absolute Gasteiger partial charge is 0.497 e. The third-order valence-electron chi connectivity index (χ3n) is 4.16. The van der Waals surface area contributed by atoms with Crippen molar-refractivity contribution in [2.75, 3.05) is 0 Å². The Hall–Kier alpha value is -6.54. The molecule has 0 bridgehead atoms. The standard InChI is InChI=1S/3C6H4N2O5/c3*9-6-4(7(10)11)2-1-3-5(6)8(12)13/h3*1-3,9H. The average Bonchev–Trinajstić information content (AvgIpc) is 2.84. The molecular formula is C18H12N6O15. The minimum Gasteiger partial charge on any atom is -0.497 e. The van der Waals surface area contributed by atoms with E-state index in [4.69, 9.17) is 15.3 Å². The number of hydrogen-bond donors (Lipinski definition) is 3. The van der Waals surface area contributed by atoms with Crippen molar-refractivity contribution in [3.63, 3.8) is 0 Å². The number of nitro groups is 6. The summed E-state index contributed by atoms with van der Waals surface area (Å²) in [5, 5.41) is 88.5. The quantitative estimate of drug-likeness (QED) is 0.290. The lowest BCUT2D eigenvalue weighted by atomic mass is 10.2. The van der Waals surface area contributed by atoms with Gasteiger partial charge in [-0.2, -0.15) is 0 Å². The summed E-state index contributed by atoms with van der Waals surface area (Å²) in [6.45, 7) is 0. The van der Waals surface area contributed by atoms with Crippen LogP contribution in [0.2, 0.25) is 0 Å². The molecular weight excluding hydrogens is 540 g/mol. The van der Waals surface area contributed by atoms with Crippen LogP contribution in [-0.2, 0) is 0 Å². The summed E-state index contributed by atoms with van der Waals surface area (Å²) in [5.74, 6) is -2.76. The van der Waals surface area contributed by atoms with Gasteiger partial charge < -0.3 is 15.3 Å². The van der Waals surface area contributed by atoms with Gasteiger partial charge in [0.05, 0.1) is 29.5 Å². The van der Waals surface area contributed by atoms with E-state index >= 15 is 0 Å². The molecule has 3 rings (SSSR count). The molecule has 0 unspecified atom stereocenters. The van der Waals surface area contributed by atoms with Crippen molar-refractivity contribution in [3.8, 4) is 17.2 Å². The number of para-hydroxylation sites is 3. The smallest absolute Gasteiger partial charge is 0.318 e. The van der Waals surface area contributed by atoms with Gasteiger partial charge in [-0.05, 0) is 18.2 Å². The topological polar surface area (TPSA) is 320 Å². The highest BCUT2D eigenvalue weighted by molar-refractivity contribution is 5.59. The van der Waals surface area contributed by atoms with Gasteiger partial charge >= 0.3 is 34.1 Å². The fourth-order valence-electron chi connectivity index (χ4n) is 2.44. The van der Waals surface area contributed by atoms with Crippen LogP contribution in [0.5, 0.6) is 17.2 Å². The molecule has 0 aliphatic rings. The minimum absolute atomic E-state index is 0.672. The van der Waals surface area contributed by atoms with Crippen LogP contribution in [0.15, 0.2) is 54.6 Å². The molecule has 0 saturated heterocycles. The summed E-state index contributed by atoms with van der Waals surface area (Å²) in [7, 11) is 0. The molecule has 39 heavy (non-hydrogen) atoms. The van der Waals surface area contributed by atoms with E-state index in [0.29, 0.717) is 0 Å². The predicted molar refractivity (Wildman–Crippen MR) is 124 cm³/mol. The van der Waals surface area contributed by atoms with Crippen LogP contribution in [-0.4, -0.2) is 44.9 Å². The Kier molecular flexibility index (Phi) is 10.1. The SMILES string of the molecule is O=[N+]([O-])c1cccc([N+](=O)[O-])c1O.O=[N+]([O-])c1cccc([N+](=O)[O-])c1O.O=[N+]([O-])c1cccc([N+](=O)[O-])c1O. The molecule has 0 aromatic heterocycles. The molecule has 0 atom stereocenters. The zero-order valence-corrected chi connectivity index (χ0v) is 18.6. The maximum absolute atomic E-state index is 10.2. The third kappa shape index (κ3) is 7.72. The molecule has 0 spiro atoms. The molecule has 0 radical (unpaired) electrons. The van der Waals surface area contributed by atoms with E-state index < -0.39 is 80.9 Å². The summed E-state index contributed by atoms with van der Waals surface area (Å²) in [6.07, 6.45) is 0. The van der Waals surface area contributed by atoms with Crippen LogP contribution in [0.4, 0.5) is 34.1 Å². The summed E-state index contributed by atoms with van der Waals surface area (Å²) in [4.78, 5) is 56.0. The van der Waals surface area contributed by atoms with Crippen molar-refractivity contribution >= 4 is 34.1 Å². The first kappa shape index (κ1) is 30.5. The van der Waals surface area contributed by atoms with Crippen molar-refractivity contribution < 1.29 is 44.9 Å². The molecule has 3 N–H and O–H groups in total. The second kappa shape index (κ2) is 13.0. The van der Waals surface area contributed by atoms with Crippen LogP contribution in [0.3, 0.4) is 0 Å². The molecule has 21 nitrogen and oxygen atoms in total. The average molecular weight is 552 g/mol. The van der Waals surface area contributed by atoms with E-state index in [9.17, 15) is 60.7 Å². The zero-order valence-electron chi connectivity index (χ0n) is 18.6. The zero-order chi connectivity index (χ0) is 30.0. The van der Waals surface area contributed by atoms with Crippen molar-refractivity contribution in [3.05, 3.63) is 115 Å². The van der Waals surface area contributed by atoms with Gasteiger partial charge in [0, 0.05) is 36.4 Å². The molecule has 0 aliphatic carbocycles. The number of aromatic hydroxyl groups is 3. The van der Waals surface area contributed by atoms with Gasteiger partial charge in [0.15, 0.2) is 0 Å². The molecule has 204 valence electrons. The van der Waals surface area contributed by atoms with Gasteiger partial charge in [-0.3, -0.25) is 60.7 Å². The number of phenolic OH excluding ortho intramolecular Hbond substituents is 3. The predicted octanol–water partition coefficient (Wildman–Crippen LogP) is 3.63. The van der Waals surface area contributed by atoms with Gasteiger partial charge in [-0.25, -0.2) is 0 Å². The maximum atomic E-state index is 10.2. The maximum Gasteiger partial charge on any atom is 0.318 e. The Bertz CT molecular complexity index is 1200. The van der Waals surface area contributed by atoms with Gasteiger partial charge in [-0.15, -0.1) is 0 Å². The highest BCUT2D eigenvalue weighted by atomic mass is 16.7. The summed E-state index contributed by atoms with van der Waals surface area (Å²) in [5.41, 5.74) is -4.03. The van der Waals surface area contributed by atoms with Crippen molar-refractivity contribution in [2.45, 2.75) is 0 Å². The normalized spacial score (nSPS) is 9.54. The summed E-state index contributed by atoms with van der Waals surface area (Å²) >= 11 is 0. The number of phenols is 3. The number of rotatable bonds is 6. The fraction of sp³-hybridized carbons (Fsp3) is 0. The molecule has 0 aliphatic heterocycles. The summed E-state index contributed by atoms with van der Waals surface area (Å²) < 4.78 is 0. The molecule has 0 saturated carbocycles. The molecule has 3 aromatic rings. The highest BCUT2D eigenvalue weighted by Crippen LogP contribution is 2.36. The van der Waals surface area contributed by atoms with Gasteiger partial charge in [0.25, 0.3) is 17.2 Å². The van der Waals surface area contributed by atoms with E-state index in [1.165, 1.54) is 0 Å². The fourth-order valence-corrected chi connectivity index (χ4v) is 2.44. The number of benzene rings is 3. The molecule has 0 fully saturated rings. The van der Waals surface area contributed by atoms with Crippen molar-refractivity contribution in [1.29, 1.82) is 0 Å². The first-order valence-electron chi connectivity index (χ1n) is 9.44. The number of nitro benzene ring substituents is 6. The molecule has 3 aromatic carbocycles. The highest BCUT2D eigenvalue weighted by Gasteiger charge is 2.25. The molecule has 0 amide bonds. The molecule has 0 heterocycles. The Morgan fingerprint density at radius 1 is 0.359 bits per heavy atom. The van der Waals surface area contributed by atoms with Crippen molar-refractivity contribution in [2.24, 2.45) is 0 Å². The van der Waals surface area contributed by atoms with E-state index in [1.54, 1.807) is 0 Å². The van der Waals surface area contributed by atoms with E-state index in [-0.39, 0.29) is 0 Å². The van der Waals surface area contributed by atoms with E-state index in [1.807, 2.05) is 0 Å². The van der Waals surface area contributed by atoms with Crippen LogP contribution in [0.1, 0.15) is 0 Å². The second-order valence-corrected chi connectivity index (χ2v) is 6.48. The van der Waals surface area contributed by atoms with Gasteiger partial charge in [-0.1, -0.05) is 0 Å². The Balaban J connectivity index is 0.000000292. The van der Waals surface area contributed by atoms with Crippen LogP contribution in [0.25, 0.3) is 0 Å². The third-order valence-corrected chi connectivity index (χ3v) is 4.16. The Morgan fingerprint density at radius 3 is 0.590 bits per heavy atom. The number of nitrogens with zero attached hydrogens (tertiary/aromatic N) is 6. The first-order chi connectivity index (χ1) is 18.1. The Morgan fingerprint density at radius 2 is 0.487 bits per heavy atom. The lowest BCUT2D eigenvalue weighted by Gasteiger charge is -1.95. The van der Waals surface area contributed by atoms with Gasteiger partial charge in [0.2, 0.25) is 0 Å². The van der Waals surface area contributed by atoms with Crippen molar-refractivity contribution in [1.82, 2.24) is 0 Å². The van der Waals surface area contributed by atoms with Crippen LogP contribution in [0, 0.1) is 60.7 Å². The second-order valence-electron chi connectivity index (χ2n) is 6.48. The van der Waals surface area contributed by atoms with Crippen LogP contribution < -0.4 is 0 Å².